The second kappa shape index (κ2) is 9.23. The predicted molar refractivity (Wildman–Crippen MR) is 122 cm³/mol. The fourth-order valence-corrected chi connectivity index (χ4v) is 4.79. The largest absolute Gasteiger partial charge is 0.493 e. The zero-order chi connectivity index (χ0) is 21.8. The van der Waals surface area contributed by atoms with Crippen molar-refractivity contribution in [3.63, 3.8) is 0 Å². The summed E-state index contributed by atoms with van der Waals surface area (Å²) in [6.07, 6.45) is 5.79. The second-order valence-corrected chi connectivity index (χ2v) is 8.70. The third-order valence-corrected chi connectivity index (χ3v) is 6.53. The molecule has 0 aliphatic heterocycles. The number of halogens is 1. The molecule has 0 saturated heterocycles. The highest BCUT2D eigenvalue weighted by Gasteiger charge is 2.35. The van der Waals surface area contributed by atoms with Crippen LogP contribution in [0.3, 0.4) is 0 Å². The molecule has 1 fully saturated rings. The number of rotatable bonds is 7. The number of ether oxygens (including phenoxy) is 2. The summed E-state index contributed by atoms with van der Waals surface area (Å²) >= 11 is 6.05. The standard InChI is InChI=1S/C25H28ClNO4/c1-29-22-8-6-18(14-23(22)30-2)25(10-4-3-5-11-25)16-27-24(28)15-20-13-17-12-19(26)7-9-21(17)31-20/h6-9,12-14H,3-5,10-11,15-16H2,1-2H3,(H,27,28). The van der Waals surface area contributed by atoms with Crippen LogP contribution in [0.2, 0.25) is 5.02 Å². The smallest absolute Gasteiger partial charge is 0.227 e. The summed E-state index contributed by atoms with van der Waals surface area (Å²) in [4.78, 5) is 12.8. The van der Waals surface area contributed by atoms with Crippen LogP contribution in [0.1, 0.15) is 43.4 Å². The monoisotopic (exact) mass is 441 g/mol. The van der Waals surface area contributed by atoms with Crippen molar-refractivity contribution in [1.82, 2.24) is 5.32 Å². The normalized spacial score (nSPS) is 15.6. The summed E-state index contributed by atoms with van der Waals surface area (Å²) in [5.74, 6) is 2.03. The Hall–Kier alpha value is -2.66. The lowest BCUT2D eigenvalue weighted by atomic mass is 9.69. The van der Waals surface area contributed by atoms with E-state index in [1.54, 1.807) is 20.3 Å². The molecule has 0 atom stereocenters. The molecule has 4 rings (SSSR count). The maximum atomic E-state index is 12.8. The maximum Gasteiger partial charge on any atom is 0.227 e. The van der Waals surface area contributed by atoms with E-state index >= 15 is 0 Å². The third-order valence-electron chi connectivity index (χ3n) is 6.29. The highest BCUT2D eigenvalue weighted by atomic mass is 35.5. The molecule has 2 aromatic carbocycles. The average molecular weight is 442 g/mol. The van der Waals surface area contributed by atoms with Gasteiger partial charge >= 0.3 is 0 Å². The van der Waals surface area contributed by atoms with E-state index in [9.17, 15) is 4.79 Å². The van der Waals surface area contributed by atoms with Crippen LogP contribution in [0.25, 0.3) is 11.0 Å². The van der Waals surface area contributed by atoms with E-state index in [1.807, 2.05) is 24.3 Å². The molecule has 6 heteroatoms. The van der Waals surface area contributed by atoms with Gasteiger partial charge in [0.15, 0.2) is 11.5 Å². The Morgan fingerprint density at radius 3 is 2.55 bits per heavy atom. The van der Waals surface area contributed by atoms with Crippen LogP contribution in [0.15, 0.2) is 46.9 Å². The van der Waals surface area contributed by atoms with E-state index in [0.29, 0.717) is 23.1 Å². The first-order chi connectivity index (χ1) is 15.0. The van der Waals surface area contributed by atoms with E-state index in [2.05, 4.69) is 17.4 Å². The van der Waals surface area contributed by atoms with Crippen molar-refractivity contribution < 1.29 is 18.7 Å². The number of furan rings is 1. The van der Waals surface area contributed by atoms with Crippen molar-refractivity contribution in [3.8, 4) is 11.5 Å². The number of fused-ring (bicyclic) bond motifs is 1. The van der Waals surface area contributed by atoms with Gasteiger partial charge in [0.25, 0.3) is 0 Å². The summed E-state index contributed by atoms with van der Waals surface area (Å²) < 4.78 is 16.7. The highest BCUT2D eigenvalue weighted by molar-refractivity contribution is 6.31. The zero-order valence-corrected chi connectivity index (χ0v) is 18.8. The first-order valence-corrected chi connectivity index (χ1v) is 11.1. The Morgan fingerprint density at radius 1 is 1.03 bits per heavy atom. The molecule has 5 nitrogen and oxygen atoms in total. The van der Waals surface area contributed by atoms with Gasteiger partial charge in [-0.05, 0) is 54.8 Å². The maximum absolute atomic E-state index is 12.8. The fraction of sp³-hybridized carbons (Fsp3) is 0.400. The number of nitrogens with one attached hydrogen (secondary N) is 1. The van der Waals surface area contributed by atoms with Gasteiger partial charge in [0.05, 0.1) is 20.6 Å². The van der Waals surface area contributed by atoms with Gasteiger partial charge in [-0.25, -0.2) is 0 Å². The van der Waals surface area contributed by atoms with Crippen molar-refractivity contribution in [2.24, 2.45) is 0 Å². The minimum atomic E-state index is -0.102. The van der Waals surface area contributed by atoms with Crippen LogP contribution < -0.4 is 14.8 Å². The zero-order valence-electron chi connectivity index (χ0n) is 18.0. The summed E-state index contributed by atoms with van der Waals surface area (Å²) in [7, 11) is 3.29. The van der Waals surface area contributed by atoms with Gasteiger partial charge in [0.2, 0.25) is 5.91 Å². The fourth-order valence-electron chi connectivity index (χ4n) is 4.61. The molecule has 1 saturated carbocycles. The predicted octanol–water partition coefficient (Wildman–Crippen LogP) is 5.66. The van der Waals surface area contributed by atoms with E-state index in [0.717, 1.165) is 42.4 Å². The Morgan fingerprint density at radius 2 is 1.81 bits per heavy atom. The van der Waals surface area contributed by atoms with Gasteiger partial charge in [-0.15, -0.1) is 0 Å². The van der Waals surface area contributed by atoms with Crippen molar-refractivity contribution in [1.29, 1.82) is 0 Å². The van der Waals surface area contributed by atoms with Gasteiger partial charge in [-0.3, -0.25) is 4.79 Å². The van der Waals surface area contributed by atoms with Crippen molar-refractivity contribution in [2.45, 2.75) is 43.9 Å². The van der Waals surface area contributed by atoms with Crippen molar-refractivity contribution in [3.05, 3.63) is 58.8 Å². The molecular formula is C25H28ClNO4. The summed E-state index contributed by atoms with van der Waals surface area (Å²) in [5, 5.41) is 4.72. The van der Waals surface area contributed by atoms with Crippen LogP contribution in [0.4, 0.5) is 0 Å². The van der Waals surface area contributed by atoms with Crippen LogP contribution >= 0.6 is 11.6 Å². The Labute approximate surface area is 187 Å². The van der Waals surface area contributed by atoms with Gasteiger partial charge in [-0.1, -0.05) is 36.9 Å². The average Bonchev–Trinajstić information content (AvgIpc) is 3.19. The van der Waals surface area contributed by atoms with E-state index in [1.165, 1.54) is 12.0 Å². The van der Waals surface area contributed by atoms with E-state index in [-0.39, 0.29) is 17.7 Å². The number of carbonyl (C=O) groups is 1. The molecule has 164 valence electrons. The van der Waals surface area contributed by atoms with Gasteiger partial charge in [0, 0.05) is 22.4 Å². The molecule has 1 aliphatic rings. The molecule has 0 spiro atoms. The molecule has 0 radical (unpaired) electrons. The van der Waals surface area contributed by atoms with Crippen LogP contribution in [-0.4, -0.2) is 26.7 Å². The van der Waals surface area contributed by atoms with E-state index < -0.39 is 0 Å². The molecule has 1 heterocycles. The molecule has 0 bridgehead atoms. The molecule has 3 aromatic rings. The lowest BCUT2D eigenvalue weighted by molar-refractivity contribution is -0.121. The summed E-state index contributed by atoms with van der Waals surface area (Å²) in [6, 6.07) is 13.4. The molecule has 1 N–H and O–H groups in total. The lowest BCUT2D eigenvalue weighted by Gasteiger charge is -2.38. The van der Waals surface area contributed by atoms with Crippen LogP contribution in [0.5, 0.6) is 11.5 Å². The number of carbonyl (C=O) groups excluding carboxylic acids is 1. The van der Waals surface area contributed by atoms with E-state index in [4.69, 9.17) is 25.5 Å². The minimum absolute atomic E-state index is 0.0458. The summed E-state index contributed by atoms with van der Waals surface area (Å²) in [6.45, 7) is 0.591. The molecular weight excluding hydrogens is 414 g/mol. The lowest BCUT2D eigenvalue weighted by Crippen LogP contribution is -2.42. The summed E-state index contributed by atoms with van der Waals surface area (Å²) in [5.41, 5.74) is 1.82. The quantitative estimate of drug-likeness (QED) is 0.513. The molecule has 1 amide bonds. The Kier molecular flexibility index (Phi) is 6.42. The number of amides is 1. The highest BCUT2D eigenvalue weighted by Crippen LogP contribution is 2.42. The number of methoxy groups -OCH3 is 2. The van der Waals surface area contributed by atoms with Crippen LogP contribution in [0, 0.1) is 0 Å². The first kappa shape index (κ1) is 21.6. The molecule has 1 aliphatic carbocycles. The number of hydrogen-bond donors (Lipinski definition) is 1. The van der Waals surface area contributed by atoms with Gasteiger partial charge in [-0.2, -0.15) is 0 Å². The van der Waals surface area contributed by atoms with Crippen LogP contribution in [-0.2, 0) is 16.6 Å². The SMILES string of the molecule is COc1ccc(C2(CNC(=O)Cc3cc4cc(Cl)ccc4o3)CCCCC2)cc1OC. The third kappa shape index (κ3) is 4.67. The van der Waals surface area contributed by atoms with Gasteiger partial charge < -0.3 is 19.2 Å². The molecule has 0 unspecified atom stereocenters. The Balaban J connectivity index is 1.49. The number of benzene rings is 2. The van der Waals surface area contributed by atoms with Crippen molar-refractivity contribution >= 4 is 28.5 Å². The number of hydrogen-bond acceptors (Lipinski definition) is 4. The molecule has 1 aromatic heterocycles. The topological polar surface area (TPSA) is 60.7 Å². The van der Waals surface area contributed by atoms with Crippen molar-refractivity contribution in [2.75, 3.05) is 20.8 Å². The Bertz CT molecular complexity index is 1070. The second-order valence-electron chi connectivity index (χ2n) is 8.26. The minimum Gasteiger partial charge on any atom is -0.493 e. The molecule has 31 heavy (non-hydrogen) atoms. The first-order valence-electron chi connectivity index (χ1n) is 10.7. The van der Waals surface area contributed by atoms with Gasteiger partial charge in [0.1, 0.15) is 11.3 Å².